The normalized spacial score (nSPS) is 28.1. The van der Waals surface area contributed by atoms with Gasteiger partial charge < -0.3 is 0 Å². The van der Waals surface area contributed by atoms with Crippen molar-refractivity contribution in [3.8, 4) is 6.07 Å². The van der Waals surface area contributed by atoms with E-state index in [0.717, 1.165) is 25.2 Å². The molecule has 0 bridgehead atoms. The molecule has 0 atom stereocenters. The third kappa shape index (κ3) is 3.15. The van der Waals surface area contributed by atoms with Crippen molar-refractivity contribution in [3.63, 3.8) is 0 Å². The summed E-state index contributed by atoms with van der Waals surface area (Å²) in [4.78, 5) is 0. The van der Waals surface area contributed by atoms with Crippen molar-refractivity contribution in [1.82, 2.24) is 0 Å². The monoisotopic (exact) mass is 281 g/mol. The number of hydrogen-bond donors (Lipinski definition) is 0. The molecule has 0 radical (unpaired) electrons. The zero-order valence-electron chi connectivity index (χ0n) is 13.3. The summed E-state index contributed by atoms with van der Waals surface area (Å²) in [6, 6.07) is 9.67. The summed E-state index contributed by atoms with van der Waals surface area (Å²) >= 11 is 0. The van der Waals surface area contributed by atoms with Gasteiger partial charge in [-0.05, 0) is 74.0 Å². The second-order valence-electron chi connectivity index (χ2n) is 7.26. The second-order valence-corrected chi connectivity index (χ2v) is 7.26. The smallest absolute Gasteiger partial charge is 0.0693 e. The number of fused-ring (bicyclic) bond motifs is 1. The van der Waals surface area contributed by atoms with Crippen LogP contribution in [0.1, 0.15) is 68.6 Å². The maximum absolute atomic E-state index is 9.76. The maximum Gasteiger partial charge on any atom is 0.0693 e. The zero-order valence-corrected chi connectivity index (χ0v) is 13.3. The number of aryl methyl sites for hydroxylation is 2. The van der Waals surface area contributed by atoms with Crippen LogP contribution in [0.5, 0.6) is 0 Å². The van der Waals surface area contributed by atoms with Gasteiger partial charge in [-0.1, -0.05) is 38.0 Å². The Kier molecular flexibility index (Phi) is 4.34. The average molecular weight is 281 g/mol. The number of benzene rings is 1. The summed E-state index contributed by atoms with van der Waals surface area (Å²) in [6.45, 7) is 2.27. The molecular weight excluding hydrogens is 254 g/mol. The Morgan fingerprint density at radius 3 is 2.67 bits per heavy atom. The minimum atomic E-state index is -0.0862. The van der Waals surface area contributed by atoms with Gasteiger partial charge in [0.2, 0.25) is 0 Å². The van der Waals surface area contributed by atoms with Gasteiger partial charge in [-0.15, -0.1) is 0 Å². The fraction of sp³-hybridized carbons (Fsp3) is 0.650. The zero-order chi connectivity index (χ0) is 14.7. The molecule has 3 rings (SSSR count). The van der Waals surface area contributed by atoms with Gasteiger partial charge in [-0.2, -0.15) is 5.26 Å². The van der Waals surface area contributed by atoms with E-state index in [4.69, 9.17) is 0 Å². The van der Waals surface area contributed by atoms with Crippen molar-refractivity contribution in [3.05, 3.63) is 34.9 Å². The molecule has 0 spiro atoms. The first kappa shape index (κ1) is 14.6. The fourth-order valence-electron chi connectivity index (χ4n) is 4.38. The molecule has 1 heteroatoms. The maximum atomic E-state index is 9.76. The van der Waals surface area contributed by atoms with E-state index >= 15 is 0 Å². The minimum Gasteiger partial charge on any atom is -0.198 e. The van der Waals surface area contributed by atoms with Crippen LogP contribution in [0.2, 0.25) is 0 Å². The van der Waals surface area contributed by atoms with E-state index in [1.165, 1.54) is 56.1 Å². The Labute approximate surface area is 129 Å². The third-order valence-corrected chi connectivity index (χ3v) is 5.70. The van der Waals surface area contributed by atoms with Crippen LogP contribution >= 0.6 is 0 Å². The summed E-state index contributed by atoms with van der Waals surface area (Å²) in [5.41, 5.74) is 4.39. The Morgan fingerprint density at radius 2 is 1.95 bits per heavy atom. The summed E-state index contributed by atoms with van der Waals surface area (Å²) in [7, 11) is 0. The largest absolute Gasteiger partial charge is 0.198 e. The molecule has 1 nitrogen and oxygen atoms in total. The highest BCUT2D eigenvalue weighted by atomic mass is 14.4. The molecule has 0 N–H and O–H groups in total. The SMILES string of the molecule is CCCC1CCC(C#N)(Cc2ccc3c(c2)CCC3)CC1. The van der Waals surface area contributed by atoms with Crippen LogP contribution in [0.3, 0.4) is 0 Å². The van der Waals surface area contributed by atoms with E-state index in [2.05, 4.69) is 31.2 Å². The summed E-state index contributed by atoms with van der Waals surface area (Å²) in [6.07, 6.45) is 12.1. The lowest BCUT2D eigenvalue weighted by Gasteiger charge is -2.35. The third-order valence-electron chi connectivity index (χ3n) is 5.70. The molecule has 112 valence electrons. The quantitative estimate of drug-likeness (QED) is 0.742. The van der Waals surface area contributed by atoms with Gasteiger partial charge in [-0.25, -0.2) is 0 Å². The van der Waals surface area contributed by atoms with E-state index in [9.17, 15) is 5.26 Å². The van der Waals surface area contributed by atoms with Gasteiger partial charge in [0.25, 0.3) is 0 Å². The van der Waals surface area contributed by atoms with Gasteiger partial charge >= 0.3 is 0 Å². The van der Waals surface area contributed by atoms with Crippen molar-refractivity contribution < 1.29 is 0 Å². The molecule has 1 aromatic rings. The summed E-state index contributed by atoms with van der Waals surface area (Å²) in [5, 5.41) is 9.76. The average Bonchev–Trinajstić information content (AvgIpc) is 2.97. The van der Waals surface area contributed by atoms with Gasteiger partial charge in [0.15, 0.2) is 0 Å². The van der Waals surface area contributed by atoms with Crippen molar-refractivity contribution in [2.75, 3.05) is 0 Å². The van der Waals surface area contributed by atoms with Crippen molar-refractivity contribution in [2.24, 2.45) is 11.3 Å². The van der Waals surface area contributed by atoms with Crippen molar-refractivity contribution in [2.45, 2.75) is 71.1 Å². The van der Waals surface area contributed by atoms with E-state index in [-0.39, 0.29) is 5.41 Å². The summed E-state index contributed by atoms with van der Waals surface area (Å²) < 4.78 is 0. The van der Waals surface area contributed by atoms with E-state index in [1.54, 1.807) is 5.56 Å². The molecule has 0 unspecified atom stereocenters. The highest BCUT2D eigenvalue weighted by Crippen LogP contribution is 2.42. The van der Waals surface area contributed by atoms with Gasteiger partial charge in [0, 0.05) is 0 Å². The number of rotatable bonds is 4. The lowest BCUT2D eigenvalue weighted by molar-refractivity contribution is 0.201. The van der Waals surface area contributed by atoms with Gasteiger partial charge in [-0.3, -0.25) is 0 Å². The highest BCUT2D eigenvalue weighted by Gasteiger charge is 2.35. The molecule has 2 aliphatic rings. The van der Waals surface area contributed by atoms with E-state index in [0.29, 0.717) is 0 Å². The standard InChI is InChI=1S/C20H27N/c1-2-4-16-9-11-20(15-21,12-10-16)14-17-7-8-18-5-3-6-19(18)13-17/h7-8,13,16H,2-6,9-12,14H2,1H3. The molecule has 1 aromatic carbocycles. The van der Waals surface area contributed by atoms with E-state index in [1.807, 2.05) is 0 Å². The Morgan fingerprint density at radius 1 is 1.19 bits per heavy atom. The number of nitrogens with zero attached hydrogens (tertiary/aromatic N) is 1. The first-order valence-electron chi connectivity index (χ1n) is 8.76. The fourth-order valence-corrected chi connectivity index (χ4v) is 4.38. The molecular formula is C20H27N. The minimum absolute atomic E-state index is 0.0862. The Hall–Kier alpha value is -1.29. The first-order chi connectivity index (χ1) is 10.2. The van der Waals surface area contributed by atoms with Crippen LogP contribution in [0.4, 0.5) is 0 Å². The van der Waals surface area contributed by atoms with Crippen LogP contribution in [-0.4, -0.2) is 0 Å². The first-order valence-corrected chi connectivity index (χ1v) is 8.76. The predicted molar refractivity (Wildman–Crippen MR) is 87.1 cm³/mol. The molecule has 0 aliphatic heterocycles. The molecule has 1 saturated carbocycles. The molecule has 1 fully saturated rings. The number of nitriles is 1. The summed E-state index contributed by atoms with van der Waals surface area (Å²) in [5.74, 6) is 0.872. The second kappa shape index (κ2) is 6.22. The Bertz CT molecular complexity index is 529. The van der Waals surface area contributed by atoms with Crippen LogP contribution in [0.15, 0.2) is 18.2 Å². The molecule has 2 aliphatic carbocycles. The van der Waals surface area contributed by atoms with Crippen LogP contribution in [0.25, 0.3) is 0 Å². The molecule has 0 saturated heterocycles. The van der Waals surface area contributed by atoms with Gasteiger partial charge in [0.1, 0.15) is 0 Å². The number of hydrogen-bond acceptors (Lipinski definition) is 1. The van der Waals surface area contributed by atoms with Gasteiger partial charge in [0.05, 0.1) is 11.5 Å². The molecule has 0 heterocycles. The van der Waals surface area contributed by atoms with Crippen LogP contribution in [-0.2, 0) is 19.3 Å². The predicted octanol–water partition coefficient (Wildman–Crippen LogP) is 5.22. The molecule has 0 amide bonds. The lowest BCUT2D eigenvalue weighted by Crippen LogP contribution is -2.28. The van der Waals surface area contributed by atoms with Crippen LogP contribution in [0, 0.1) is 22.7 Å². The van der Waals surface area contributed by atoms with Crippen molar-refractivity contribution in [1.29, 1.82) is 5.26 Å². The Balaban J connectivity index is 1.69. The topological polar surface area (TPSA) is 23.8 Å². The highest BCUT2D eigenvalue weighted by molar-refractivity contribution is 5.36. The van der Waals surface area contributed by atoms with Crippen LogP contribution < -0.4 is 0 Å². The van der Waals surface area contributed by atoms with E-state index < -0.39 is 0 Å². The molecule has 21 heavy (non-hydrogen) atoms. The lowest BCUT2D eigenvalue weighted by atomic mass is 9.67. The molecule has 0 aromatic heterocycles. The van der Waals surface area contributed by atoms with Crippen molar-refractivity contribution >= 4 is 0 Å².